The molecule has 2 N–H and O–H groups in total. The van der Waals surface area contributed by atoms with E-state index in [1.165, 1.54) is 12.0 Å². The van der Waals surface area contributed by atoms with E-state index in [2.05, 4.69) is 0 Å². The Kier molecular flexibility index (Phi) is 8.61. The first-order valence-electron chi connectivity index (χ1n) is 10.1. The number of carbonyl (C=O) groups excluding carboxylic acids is 2. The molecule has 0 spiro atoms. The number of nitrogens with two attached hydrogens (primary N) is 1. The van der Waals surface area contributed by atoms with Crippen molar-refractivity contribution in [3.8, 4) is 0 Å². The Hall–Kier alpha value is -1.96. The average molecular weight is 407 g/mol. The van der Waals surface area contributed by atoms with E-state index in [1.807, 2.05) is 51.1 Å². The lowest BCUT2D eigenvalue weighted by Gasteiger charge is -2.32. The van der Waals surface area contributed by atoms with Crippen LogP contribution in [0, 0.1) is 5.41 Å². The zero-order valence-corrected chi connectivity index (χ0v) is 17.9. The maximum atomic E-state index is 12.8. The minimum Gasteiger partial charge on any atom is -0.467 e. The van der Waals surface area contributed by atoms with Gasteiger partial charge in [0.15, 0.2) is 0 Å². The van der Waals surface area contributed by atoms with Crippen LogP contribution in [0.15, 0.2) is 30.3 Å². The molecule has 29 heavy (non-hydrogen) atoms. The molecule has 0 radical (unpaired) electrons. The minimum atomic E-state index is -0.695. The van der Waals surface area contributed by atoms with E-state index in [4.69, 9.17) is 19.9 Å². The van der Waals surface area contributed by atoms with Crippen molar-refractivity contribution in [2.45, 2.75) is 58.4 Å². The zero-order chi connectivity index (χ0) is 21.4. The van der Waals surface area contributed by atoms with Crippen molar-refractivity contribution >= 4 is 11.9 Å². The van der Waals surface area contributed by atoms with Gasteiger partial charge in [0.1, 0.15) is 6.04 Å². The van der Waals surface area contributed by atoms with Gasteiger partial charge in [-0.25, -0.2) is 4.79 Å². The van der Waals surface area contributed by atoms with Crippen LogP contribution in [-0.2, 0) is 30.4 Å². The molecular formula is C22H34N2O5. The van der Waals surface area contributed by atoms with Crippen LogP contribution < -0.4 is 5.73 Å². The molecule has 1 saturated heterocycles. The third kappa shape index (κ3) is 6.80. The van der Waals surface area contributed by atoms with Crippen molar-refractivity contribution in [3.63, 3.8) is 0 Å². The monoisotopic (exact) mass is 406 g/mol. The number of benzene rings is 1. The molecule has 7 heteroatoms. The van der Waals surface area contributed by atoms with Crippen molar-refractivity contribution < 1.29 is 23.8 Å². The molecule has 0 unspecified atom stereocenters. The van der Waals surface area contributed by atoms with Crippen LogP contribution in [0.3, 0.4) is 0 Å². The average Bonchev–Trinajstić information content (AvgIpc) is 3.13. The molecule has 0 aliphatic carbocycles. The van der Waals surface area contributed by atoms with Gasteiger partial charge in [0.25, 0.3) is 0 Å². The number of carbonyl (C=O) groups is 2. The maximum absolute atomic E-state index is 12.8. The molecule has 3 atom stereocenters. The first-order valence-corrected chi connectivity index (χ1v) is 10.1. The second kappa shape index (κ2) is 10.7. The fraction of sp³-hybridized carbons (Fsp3) is 0.636. The van der Waals surface area contributed by atoms with Gasteiger partial charge in [-0.2, -0.15) is 0 Å². The molecule has 1 amide bonds. The topological polar surface area (TPSA) is 91.1 Å². The maximum Gasteiger partial charge on any atom is 0.328 e. The molecule has 162 valence electrons. The van der Waals surface area contributed by atoms with E-state index in [-0.39, 0.29) is 12.0 Å². The Balaban J connectivity index is 1.79. The number of amides is 1. The highest BCUT2D eigenvalue weighted by atomic mass is 16.5. The molecule has 1 aromatic rings. The van der Waals surface area contributed by atoms with E-state index in [0.717, 1.165) is 12.0 Å². The number of ether oxygens (including phenoxy) is 3. The van der Waals surface area contributed by atoms with Gasteiger partial charge in [-0.3, -0.25) is 4.79 Å². The van der Waals surface area contributed by atoms with Crippen molar-refractivity contribution in [2.24, 2.45) is 11.1 Å². The Bertz CT molecular complexity index is 659. The molecule has 0 aromatic heterocycles. The van der Waals surface area contributed by atoms with Crippen LogP contribution in [0.1, 0.15) is 39.2 Å². The summed E-state index contributed by atoms with van der Waals surface area (Å²) in [6, 6.07) is 8.64. The predicted molar refractivity (Wildman–Crippen MR) is 110 cm³/mol. The Morgan fingerprint density at radius 2 is 1.90 bits per heavy atom. The van der Waals surface area contributed by atoms with Crippen molar-refractivity contribution in [3.05, 3.63) is 35.9 Å². The molecular weight excluding hydrogens is 372 g/mol. The molecule has 1 heterocycles. The van der Waals surface area contributed by atoms with Gasteiger partial charge in [0, 0.05) is 26.2 Å². The molecule has 1 aliphatic heterocycles. The summed E-state index contributed by atoms with van der Waals surface area (Å²) in [5.41, 5.74) is 6.86. The van der Waals surface area contributed by atoms with E-state index in [0.29, 0.717) is 32.8 Å². The Morgan fingerprint density at radius 3 is 2.52 bits per heavy atom. The van der Waals surface area contributed by atoms with Crippen LogP contribution >= 0.6 is 0 Å². The summed E-state index contributed by atoms with van der Waals surface area (Å²) in [6.45, 7) is 7.71. The fourth-order valence-electron chi connectivity index (χ4n) is 3.25. The summed E-state index contributed by atoms with van der Waals surface area (Å²) in [5.74, 6) is -0.679. The summed E-state index contributed by atoms with van der Waals surface area (Å²) < 4.78 is 16.4. The van der Waals surface area contributed by atoms with Gasteiger partial charge < -0.3 is 24.8 Å². The highest BCUT2D eigenvalue weighted by Crippen LogP contribution is 2.26. The van der Waals surface area contributed by atoms with Gasteiger partial charge in [-0.15, -0.1) is 0 Å². The van der Waals surface area contributed by atoms with E-state index < -0.39 is 23.5 Å². The van der Waals surface area contributed by atoms with Crippen molar-refractivity contribution in [1.82, 2.24) is 4.90 Å². The fourth-order valence-corrected chi connectivity index (χ4v) is 3.25. The van der Waals surface area contributed by atoms with Crippen LogP contribution in [0.25, 0.3) is 0 Å². The number of nitrogens with zero attached hydrogens (tertiary/aromatic N) is 1. The lowest BCUT2D eigenvalue weighted by molar-refractivity contribution is -0.152. The van der Waals surface area contributed by atoms with Crippen molar-refractivity contribution in [1.29, 1.82) is 0 Å². The smallest absolute Gasteiger partial charge is 0.328 e. The molecule has 1 fully saturated rings. The van der Waals surface area contributed by atoms with Gasteiger partial charge in [-0.1, -0.05) is 51.1 Å². The number of methoxy groups -OCH3 is 1. The third-order valence-electron chi connectivity index (χ3n) is 5.12. The number of hydrogen-bond acceptors (Lipinski definition) is 6. The van der Waals surface area contributed by atoms with Gasteiger partial charge in [0.05, 0.1) is 25.9 Å². The summed E-state index contributed by atoms with van der Waals surface area (Å²) in [7, 11) is 1.33. The van der Waals surface area contributed by atoms with E-state index >= 15 is 0 Å². The minimum absolute atomic E-state index is 0.218. The van der Waals surface area contributed by atoms with E-state index in [9.17, 15) is 9.59 Å². The number of esters is 1. The summed E-state index contributed by atoms with van der Waals surface area (Å²) >= 11 is 0. The van der Waals surface area contributed by atoms with Gasteiger partial charge in [0.2, 0.25) is 5.91 Å². The highest BCUT2D eigenvalue weighted by Gasteiger charge is 2.44. The van der Waals surface area contributed by atoms with Crippen LogP contribution in [0.5, 0.6) is 0 Å². The molecule has 0 saturated carbocycles. The number of hydrogen-bond donors (Lipinski definition) is 1. The van der Waals surface area contributed by atoms with Crippen LogP contribution in [0.2, 0.25) is 0 Å². The SMILES string of the molecule is COC(=O)[C@@H]1C[C@H](OCCCOCc2ccccc2)CN1C(=O)[C@@H](N)C(C)(C)C. The largest absolute Gasteiger partial charge is 0.467 e. The summed E-state index contributed by atoms with van der Waals surface area (Å²) in [6.07, 6.45) is 0.936. The molecule has 2 rings (SSSR count). The molecule has 1 aromatic carbocycles. The standard InChI is InChI=1S/C22H34N2O5/c1-22(2,3)19(23)20(25)24-14-17(13-18(24)21(26)27-4)29-12-8-11-28-15-16-9-6-5-7-10-16/h5-7,9-10,17-19H,8,11-15,23H2,1-4H3/t17-,18-,19+/m0/s1. The third-order valence-corrected chi connectivity index (χ3v) is 5.12. The van der Waals surface area contributed by atoms with Gasteiger partial charge in [-0.05, 0) is 17.4 Å². The highest BCUT2D eigenvalue weighted by molar-refractivity contribution is 5.88. The molecule has 0 bridgehead atoms. The second-order valence-corrected chi connectivity index (χ2v) is 8.49. The predicted octanol–water partition coefficient (Wildman–Crippen LogP) is 2.13. The number of rotatable bonds is 9. The normalized spacial score (nSPS) is 20.5. The zero-order valence-electron chi connectivity index (χ0n) is 17.9. The second-order valence-electron chi connectivity index (χ2n) is 8.49. The molecule has 7 nitrogen and oxygen atoms in total. The first kappa shape index (κ1) is 23.3. The lowest BCUT2D eigenvalue weighted by Crippen LogP contribution is -2.53. The van der Waals surface area contributed by atoms with E-state index in [1.54, 1.807) is 0 Å². The van der Waals surface area contributed by atoms with Gasteiger partial charge >= 0.3 is 5.97 Å². The molecule has 1 aliphatic rings. The van der Waals surface area contributed by atoms with Crippen LogP contribution in [-0.4, -0.2) is 61.8 Å². The van der Waals surface area contributed by atoms with Crippen LogP contribution in [0.4, 0.5) is 0 Å². The Morgan fingerprint density at radius 1 is 1.21 bits per heavy atom. The summed E-state index contributed by atoms with van der Waals surface area (Å²) in [4.78, 5) is 26.5. The first-order chi connectivity index (χ1) is 13.7. The van der Waals surface area contributed by atoms with Crippen molar-refractivity contribution in [2.75, 3.05) is 26.9 Å². The lowest BCUT2D eigenvalue weighted by atomic mass is 9.86. The summed E-state index contributed by atoms with van der Waals surface area (Å²) in [5, 5.41) is 0. The quantitative estimate of drug-likeness (QED) is 0.499. The Labute approximate surface area is 173 Å². The number of likely N-dealkylation sites (tertiary alicyclic amines) is 1.